The molecule has 110 valence electrons. The summed E-state index contributed by atoms with van der Waals surface area (Å²) in [5.41, 5.74) is 0.525. The smallest absolute Gasteiger partial charge is 0.251 e. The van der Waals surface area contributed by atoms with Gasteiger partial charge in [0.15, 0.2) is 9.84 Å². The minimum atomic E-state index is -2.89. The van der Waals surface area contributed by atoms with Gasteiger partial charge in [0, 0.05) is 24.8 Å². The van der Waals surface area contributed by atoms with E-state index in [1.807, 2.05) is 6.92 Å². The molecule has 0 aromatic carbocycles. The maximum Gasteiger partial charge on any atom is 0.251 e. The molecule has 0 aliphatic carbocycles. The monoisotopic (exact) mass is 297 g/mol. The molecule has 1 atom stereocenters. The highest BCUT2D eigenvalue weighted by Gasteiger charge is 2.27. The molecule has 0 radical (unpaired) electrons. The molecule has 1 amide bonds. The molecule has 1 fully saturated rings. The summed E-state index contributed by atoms with van der Waals surface area (Å²) in [5, 5.41) is 5.83. The number of amides is 1. The lowest BCUT2D eigenvalue weighted by Gasteiger charge is -2.10. The SMILES string of the molecule is CCNc1cc(C(=O)NCC2CCS(=O)(=O)C2)ccn1. The van der Waals surface area contributed by atoms with Gasteiger partial charge in [-0.2, -0.15) is 0 Å². The average Bonchev–Trinajstić information content (AvgIpc) is 2.76. The van der Waals surface area contributed by atoms with Crippen molar-refractivity contribution in [2.24, 2.45) is 5.92 Å². The van der Waals surface area contributed by atoms with Gasteiger partial charge in [0.2, 0.25) is 0 Å². The second-order valence-corrected chi connectivity index (χ2v) is 7.17. The third-order valence-corrected chi connectivity index (χ3v) is 5.10. The van der Waals surface area contributed by atoms with Crippen LogP contribution in [0.5, 0.6) is 0 Å². The van der Waals surface area contributed by atoms with Crippen molar-refractivity contribution in [3.8, 4) is 0 Å². The Hall–Kier alpha value is -1.63. The maximum atomic E-state index is 12.0. The number of sulfone groups is 1. The Kier molecular flexibility index (Phi) is 4.59. The molecule has 1 aromatic heterocycles. The Balaban J connectivity index is 1.90. The zero-order chi connectivity index (χ0) is 14.6. The lowest BCUT2D eigenvalue weighted by molar-refractivity contribution is 0.0948. The fourth-order valence-electron chi connectivity index (χ4n) is 2.22. The molecule has 1 aromatic rings. The van der Waals surface area contributed by atoms with Crippen molar-refractivity contribution < 1.29 is 13.2 Å². The molecule has 20 heavy (non-hydrogen) atoms. The normalized spacial score (nSPS) is 20.6. The third kappa shape index (κ3) is 3.93. The second-order valence-electron chi connectivity index (χ2n) is 4.94. The summed E-state index contributed by atoms with van der Waals surface area (Å²) in [6.07, 6.45) is 2.20. The molecule has 1 aliphatic heterocycles. The van der Waals surface area contributed by atoms with Crippen LogP contribution in [0.4, 0.5) is 5.82 Å². The highest BCUT2D eigenvalue weighted by Crippen LogP contribution is 2.17. The van der Waals surface area contributed by atoms with E-state index in [0.29, 0.717) is 24.3 Å². The van der Waals surface area contributed by atoms with E-state index in [2.05, 4.69) is 15.6 Å². The zero-order valence-electron chi connectivity index (χ0n) is 11.4. The van der Waals surface area contributed by atoms with Gasteiger partial charge in [0.1, 0.15) is 5.82 Å². The standard InChI is InChI=1S/C13H19N3O3S/c1-2-14-12-7-11(3-5-15-12)13(17)16-8-10-4-6-20(18,19)9-10/h3,5,7,10H,2,4,6,8-9H2,1H3,(H,14,15)(H,16,17). The number of nitrogens with zero attached hydrogens (tertiary/aromatic N) is 1. The van der Waals surface area contributed by atoms with E-state index in [-0.39, 0.29) is 23.3 Å². The maximum absolute atomic E-state index is 12.0. The zero-order valence-corrected chi connectivity index (χ0v) is 12.2. The topological polar surface area (TPSA) is 88.2 Å². The summed E-state index contributed by atoms with van der Waals surface area (Å²) in [6.45, 7) is 3.09. The molecule has 7 heteroatoms. The van der Waals surface area contributed by atoms with Gasteiger partial charge in [-0.05, 0) is 31.4 Å². The van der Waals surface area contributed by atoms with Crippen LogP contribution >= 0.6 is 0 Å². The van der Waals surface area contributed by atoms with E-state index >= 15 is 0 Å². The van der Waals surface area contributed by atoms with Crippen molar-refractivity contribution in [3.05, 3.63) is 23.9 Å². The van der Waals surface area contributed by atoms with E-state index in [4.69, 9.17) is 0 Å². The largest absolute Gasteiger partial charge is 0.370 e. The summed E-state index contributed by atoms with van der Waals surface area (Å²) in [4.78, 5) is 16.1. The van der Waals surface area contributed by atoms with Gasteiger partial charge >= 0.3 is 0 Å². The Morgan fingerprint density at radius 2 is 2.30 bits per heavy atom. The molecule has 6 nitrogen and oxygen atoms in total. The van der Waals surface area contributed by atoms with Gasteiger partial charge in [-0.25, -0.2) is 13.4 Å². The predicted molar refractivity (Wildman–Crippen MR) is 77.5 cm³/mol. The summed E-state index contributed by atoms with van der Waals surface area (Å²) in [5.74, 6) is 0.887. The number of pyridine rings is 1. The highest BCUT2D eigenvalue weighted by molar-refractivity contribution is 7.91. The van der Waals surface area contributed by atoms with Crippen molar-refractivity contribution in [2.75, 3.05) is 29.9 Å². The van der Waals surface area contributed by atoms with E-state index in [0.717, 1.165) is 6.54 Å². The van der Waals surface area contributed by atoms with Crippen molar-refractivity contribution in [3.63, 3.8) is 0 Å². The average molecular weight is 297 g/mol. The van der Waals surface area contributed by atoms with Crippen LogP contribution in [0, 0.1) is 5.92 Å². The van der Waals surface area contributed by atoms with Crippen molar-refractivity contribution >= 4 is 21.6 Å². The van der Waals surface area contributed by atoms with E-state index in [1.165, 1.54) is 0 Å². The van der Waals surface area contributed by atoms with Crippen molar-refractivity contribution in [1.29, 1.82) is 0 Å². The van der Waals surface area contributed by atoms with E-state index in [9.17, 15) is 13.2 Å². The number of carbonyl (C=O) groups excluding carboxylic acids is 1. The number of anilines is 1. The Labute approximate surface area is 118 Å². The molecule has 1 saturated heterocycles. The molecule has 2 heterocycles. The molecule has 0 saturated carbocycles. The third-order valence-electron chi connectivity index (χ3n) is 3.26. The van der Waals surface area contributed by atoms with Crippen LogP contribution in [0.25, 0.3) is 0 Å². The number of aromatic nitrogens is 1. The van der Waals surface area contributed by atoms with Gasteiger partial charge in [0.25, 0.3) is 5.91 Å². The van der Waals surface area contributed by atoms with Crippen LogP contribution in [0.2, 0.25) is 0 Å². The van der Waals surface area contributed by atoms with Gasteiger partial charge in [0.05, 0.1) is 11.5 Å². The van der Waals surface area contributed by atoms with Gasteiger partial charge in [-0.3, -0.25) is 4.79 Å². The lowest BCUT2D eigenvalue weighted by Crippen LogP contribution is -2.29. The van der Waals surface area contributed by atoms with Crippen LogP contribution in [-0.4, -0.2) is 43.9 Å². The first-order valence-corrected chi connectivity index (χ1v) is 8.51. The first kappa shape index (κ1) is 14.8. The quantitative estimate of drug-likeness (QED) is 0.834. The van der Waals surface area contributed by atoms with E-state index in [1.54, 1.807) is 18.3 Å². The number of nitrogens with one attached hydrogen (secondary N) is 2. The van der Waals surface area contributed by atoms with Gasteiger partial charge < -0.3 is 10.6 Å². The summed E-state index contributed by atoms with van der Waals surface area (Å²) in [7, 11) is -2.89. The lowest BCUT2D eigenvalue weighted by atomic mass is 10.1. The van der Waals surface area contributed by atoms with Crippen LogP contribution in [-0.2, 0) is 9.84 Å². The van der Waals surface area contributed by atoms with Gasteiger partial charge in [-0.1, -0.05) is 0 Å². The Bertz CT molecular complexity index is 586. The van der Waals surface area contributed by atoms with Crippen molar-refractivity contribution in [2.45, 2.75) is 13.3 Å². The van der Waals surface area contributed by atoms with Crippen LogP contribution in [0.15, 0.2) is 18.3 Å². The Morgan fingerprint density at radius 1 is 1.50 bits per heavy atom. The van der Waals surface area contributed by atoms with E-state index < -0.39 is 9.84 Å². The molecular weight excluding hydrogens is 278 g/mol. The summed E-state index contributed by atoms with van der Waals surface area (Å²) in [6, 6.07) is 3.33. The molecule has 1 unspecified atom stereocenters. The Morgan fingerprint density at radius 3 is 2.95 bits per heavy atom. The number of hydrogen-bond acceptors (Lipinski definition) is 5. The molecule has 1 aliphatic rings. The van der Waals surface area contributed by atoms with Gasteiger partial charge in [-0.15, -0.1) is 0 Å². The fourth-order valence-corrected chi connectivity index (χ4v) is 4.08. The second kappa shape index (κ2) is 6.21. The molecule has 0 bridgehead atoms. The van der Waals surface area contributed by atoms with Crippen LogP contribution < -0.4 is 10.6 Å². The summed E-state index contributed by atoms with van der Waals surface area (Å²) < 4.78 is 22.7. The predicted octanol–water partition coefficient (Wildman–Crippen LogP) is 0.678. The van der Waals surface area contributed by atoms with Crippen LogP contribution in [0.3, 0.4) is 0 Å². The fraction of sp³-hybridized carbons (Fsp3) is 0.538. The molecule has 2 rings (SSSR count). The molecule has 2 N–H and O–H groups in total. The van der Waals surface area contributed by atoms with Crippen molar-refractivity contribution in [1.82, 2.24) is 10.3 Å². The number of carbonyl (C=O) groups is 1. The number of hydrogen-bond donors (Lipinski definition) is 2. The first-order valence-electron chi connectivity index (χ1n) is 6.68. The first-order chi connectivity index (χ1) is 9.50. The number of rotatable bonds is 5. The summed E-state index contributed by atoms with van der Waals surface area (Å²) >= 11 is 0. The molecule has 0 spiro atoms. The minimum absolute atomic E-state index is 0.0269. The highest BCUT2D eigenvalue weighted by atomic mass is 32.2. The molecular formula is C13H19N3O3S. The minimum Gasteiger partial charge on any atom is -0.370 e. The van der Waals surface area contributed by atoms with Crippen LogP contribution in [0.1, 0.15) is 23.7 Å².